The second kappa shape index (κ2) is 4.38. The highest BCUT2D eigenvalue weighted by atomic mass is 13.7. The highest BCUT2D eigenvalue weighted by molar-refractivity contribution is 5.16. The highest BCUT2D eigenvalue weighted by Crippen LogP contribution is 1.88. The summed E-state index contributed by atoms with van der Waals surface area (Å²) in [7, 11) is 0. The second-order valence-corrected chi connectivity index (χ2v) is 1.73. The summed E-state index contributed by atoms with van der Waals surface area (Å²) in [5.41, 5.74) is 1.09. The molecule has 0 aliphatic carbocycles. The lowest BCUT2D eigenvalue weighted by atomic mass is 10.3. The van der Waals surface area contributed by atoms with Gasteiger partial charge in [0.1, 0.15) is 0 Å². The lowest BCUT2D eigenvalue weighted by Crippen LogP contribution is -1.56. The quantitative estimate of drug-likeness (QED) is 0.477. The Morgan fingerprint density at radius 3 is 2.38 bits per heavy atom. The van der Waals surface area contributed by atoms with E-state index in [-0.39, 0.29) is 0 Å². The molecule has 0 bridgehead atoms. The van der Waals surface area contributed by atoms with Gasteiger partial charge in [-0.05, 0) is 13.8 Å². The van der Waals surface area contributed by atoms with Crippen molar-refractivity contribution in [2.75, 3.05) is 0 Å². The summed E-state index contributed by atoms with van der Waals surface area (Å²) in [6.45, 7) is 7.67. The van der Waals surface area contributed by atoms with Crippen molar-refractivity contribution in [2.24, 2.45) is 0 Å². The molecule has 0 heteroatoms. The summed E-state index contributed by atoms with van der Waals surface area (Å²) >= 11 is 0. The zero-order chi connectivity index (χ0) is 6.41. The summed E-state index contributed by atoms with van der Waals surface area (Å²) in [5.74, 6) is 0. The van der Waals surface area contributed by atoms with Crippen molar-refractivity contribution in [3.8, 4) is 0 Å². The van der Waals surface area contributed by atoms with Gasteiger partial charge in [0.2, 0.25) is 0 Å². The summed E-state index contributed by atoms with van der Waals surface area (Å²) in [6, 6.07) is 0. The molecule has 0 N–H and O–H groups in total. The molecule has 0 amide bonds. The predicted octanol–water partition coefficient (Wildman–Crippen LogP) is 2.69. The third-order valence-corrected chi connectivity index (χ3v) is 0.684. The fourth-order valence-electron chi connectivity index (χ4n) is 0.331. The molecule has 0 radical (unpaired) electrons. The third-order valence-electron chi connectivity index (χ3n) is 0.684. The molecule has 0 aromatic carbocycles. The average Bonchev–Trinajstić information content (AvgIpc) is 1.66. The largest absolute Gasteiger partial charge is 0.0961 e. The van der Waals surface area contributed by atoms with Crippen molar-refractivity contribution in [1.82, 2.24) is 0 Å². The minimum atomic E-state index is 1.09. The van der Waals surface area contributed by atoms with Gasteiger partial charge in [0.25, 0.3) is 0 Å². The molecule has 0 nitrogen and oxygen atoms in total. The van der Waals surface area contributed by atoms with Crippen molar-refractivity contribution in [3.05, 3.63) is 36.5 Å². The Morgan fingerprint density at radius 2 is 2.00 bits per heavy atom. The van der Waals surface area contributed by atoms with Gasteiger partial charge in [-0.1, -0.05) is 36.5 Å². The van der Waals surface area contributed by atoms with Crippen LogP contribution in [0.4, 0.5) is 0 Å². The topological polar surface area (TPSA) is 0 Å². The predicted molar refractivity (Wildman–Crippen MR) is 38.8 cm³/mol. The smallest absolute Gasteiger partial charge is 0.0404 e. The Morgan fingerprint density at radius 1 is 1.38 bits per heavy atom. The lowest BCUT2D eigenvalue weighted by Gasteiger charge is -1.78. The maximum atomic E-state index is 3.71. The molecule has 0 aromatic heterocycles. The number of hydrogen-bond donors (Lipinski definition) is 0. The summed E-state index contributed by atoms with van der Waals surface area (Å²) in [6.07, 6.45) is 7.91. The number of allylic oxidation sites excluding steroid dienone is 5. The van der Waals surface area contributed by atoms with Gasteiger partial charge >= 0.3 is 0 Å². The molecule has 0 aliphatic heterocycles. The van der Waals surface area contributed by atoms with Gasteiger partial charge in [0.05, 0.1) is 0 Å². The number of rotatable bonds is 2. The standard InChI is InChI=1S/C8H12/c1-4-5-6-7-8(2)3/h4-7H,2H2,1,3H3/b5-4-,7-6-. The van der Waals surface area contributed by atoms with Crippen LogP contribution in [0.15, 0.2) is 36.5 Å². The van der Waals surface area contributed by atoms with Crippen LogP contribution in [0.3, 0.4) is 0 Å². The van der Waals surface area contributed by atoms with Gasteiger partial charge in [0, 0.05) is 0 Å². The van der Waals surface area contributed by atoms with Crippen LogP contribution in [-0.4, -0.2) is 0 Å². The zero-order valence-electron chi connectivity index (χ0n) is 5.52. The maximum absolute atomic E-state index is 3.71. The summed E-state index contributed by atoms with van der Waals surface area (Å²) in [5, 5.41) is 0. The van der Waals surface area contributed by atoms with Crippen molar-refractivity contribution < 1.29 is 0 Å². The monoisotopic (exact) mass is 108 g/mol. The van der Waals surface area contributed by atoms with E-state index in [0.717, 1.165) is 5.57 Å². The van der Waals surface area contributed by atoms with E-state index in [1.165, 1.54) is 0 Å². The molecule has 0 saturated carbocycles. The van der Waals surface area contributed by atoms with Crippen molar-refractivity contribution in [2.45, 2.75) is 13.8 Å². The van der Waals surface area contributed by atoms with Crippen LogP contribution in [0.1, 0.15) is 13.8 Å². The zero-order valence-corrected chi connectivity index (χ0v) is 5.52. The van der Waals surface area contributed by atoms with Gasteiger partial charge in [0.15, 0.2) is 0 Å². The van der Waals surface area contributed by atoms with E-state index < -0.39 is 0 Å². The van der Waals surface area contributed by atoms with Crippen LogP contribution in [0.2, 0.25) is 0 Å². The molecule has 0 atom stereocenters. The van der Waals surface area contributed by atoms with Crippen LogP contribution in [0, 0.1) is 0 Å². The minimum absolute atomic E-state index is 1.09. The van der Waals surface area contributed by atoms with E-state index in [1.54, 1.807) is 0 Å². The Balaban J connectivity index is 3.50. The first-order chi connectivity index (χ1) is 3.77. The van der Waals surface area contributed by atoms with E-state index in [2.05, 4.69) is 6.58 Å². The molecule has 8 heavy (non-hydrogen) atoms. The molecule has 0 saturated heterocycles. The van der Waals surface area contributed by atoms with Gasteiger partial charge < -0.3 is 0 Å². The SMILES string of the molecule is C=C(C)/C=C\C=C/C. The normalized spacial score (nSPS) is 11.2. The van der Waals surface area contributed by atoms with Crippen molar-refractivity contribution >= 4 is 0 Å². The van der Waals surface area contributed by atoms with Gasteiger partial charge in [-0.25, -0.2) is 0 Å². The third kappa shape index (κ3) is 5.22. The Kier molecular flexibility index (Phi) is 3.95. The average molecular weight is 108 g/mol. The minimum Gasteiger partial charge on any atom is -0.0961 e. The van der Waals surface area contributed by atoms with E-state index >= 15 is 0 Å². The van der Waals surface area contributed by atoms with Crippen LogP contribution in [0.5, 0.6) is 0 Å². The Labute approximate surface area is 51.2 Å². The van der Waals surface area contributed by atoms with Crippen LogP contribution >= 0.6 is 0 Å². The first-order valence-corrected chi connectivity index (χ1v) is 2.72. The fraction of sp³-hybridized carbons (Fsp3) is 0.250. The first kappa shape index (κ1) is 7.22. The fourth-order valence-corrected chi connectivity index (χ4v) is 0.331. The Hall–Kier alpha value is -0.780. The second-order valence-electron chi connectivity index (χ2n) is 1.73. The van der Waals surface area contributed by atoms with E-state index in [4.69, 9.17) is 0 Å². The molecule has 0 fully saturated rings. The van der Waals surface area contributed by atoms with Crippen LogP contribution < -0.4 is 0 Å². The first-order valence-electron chi connectivity index (χ1n) is 2.72. The molecule has 0 aromatic rings. The highest BCUT2D eigenvalue weighted by Gasteiger charge is 1.66. The van der Waals surface area contributed by atoms with Crippen molar-refractivity contribution in [3.63, 3.8) is 0 Å². The molecule has 0 heterocycles. The number of hydrogen-bond acceptors (Lipinski definition) is 0. The molecular formula is C8H12. The molecular weight excluding hydrogens is 96.1 g/mol. The summed E-state index contributed by atoms with van der Waals surface area (Å²) in [4.78, 5) is 0. The molecule has 0 unspecified atom stereocenters. The van der Waals surface area contributed by atoms with E-state index in [9.17, 15) is 0 Å². The molecule has 0 aliphatic rings. The van der Waals surface area contributed by atoms with Gasteiger partial charge in [-0.15, -0.1) is 0 Å². The molecule has 44 valence electrons. The Bertz CT molecular complexity index is 116. The van der Waals surface area contributed by atoms with Crippen LogP contribution in [0.25, 0.3) is 0 Å². The van der Waals surface area contributed by atoms with E-state index in [1.807, 2.05) is 38.2 Å². The van der Waals surface area contributed by atoms with E-state index in [0.29, 0.717) is 0 Å². The molecule has 0 rings (SSSR count). The van der Waals surface area contributed by atoms with Crippen LogP contribution in [-0.2, 0) is 0 Å². The maximum Gasteiger partial charge on any atom is -0.0404 e. The molecule has 0 spiro atoms. The van der Waals surface area contributed by atoms with Crippen molar-refractivity contribution in [1.29, 1.82) is 0 Å². The lowest BCUT2D eigenvalue weighted by molar-refractivity contribution is 1.56. The van der Waals surface area contributed by atoms with Gasteiger partial charge in [-0.2, -0.15) is 0 Å². The van der Waals surface area contributed by atoms with Gasteiger partial charge in [-0.3, -0.25) is 0 Å². The summed E-state index contributed by atoms with van der Waals surface area (Å²) < 4.78 is 0.